The summed E-state index contributed by atoms with van der Waals surface area (Å²) in [4.78, 5) is 11.0. The van der Waals surface area contributed by atoms with Crippen LogP contribution < -0.4 is 9.46 Å². The van der Waals surface area contributed by atoms with Crippen molar-refractivity contribution >= 4 is 16.0 Å². The van der Waals surface area contributed by atoms with E-state index in [1.165, 1.54) is 0 Å². The van der Waals surface area contributed by atoms with Gasteiger partial charge in [-0.3, -0.25) is 0 Å². The fourth-order valence-electron chi connectivity index (χ4n) is 3.29. The minimum atomic E-state index is -3.55. The number of sulfonamides is 1. The van der Waals surface area contributed by atoms with Gasteiger partial charge in [0, 0.05) is 6.54 Å². The van der Waals surface area contributed by atoms with E-state index in [1.54, 1.807) is 36.4 Å². The molecule has 0 fully saturated rings. The lowest BCUT2D eigenvalue weighted by atomic mass is 9.82. The molecule has 0 heterocycles. The molecule has 0 saturated carbocycles. The van der Waals surface area contributed by atoms with Crippen molar-refractivity contribution in [1.82, 2.24) is 4.72 Å². The summed E-state index contributed by atoms with van der Waals surface area (Å²) in [5, 5.41) is 8.81. The number of benzene rings is 2. The molecule has 7 heteroatoms. The Morgan fingerprint density at radius 3 is 2.65 bits per heavy atom. The van der Waals surface area contributed by atoms with Gasteiger partial charge in [0.1, 0.15) is 5.75 Å². The van der Waals surface area contributed by atoms with Gasteiger partial charge < -0.3 is 9.84 Å². The smallest absolute Gasteiger partial charge is 0.341 e. The number of carboxylic acid groups (broad SMARTS) is 1. The van der Waals surface area contributed by atoms with Crippen molar-refractivity contribution in [3.05, 3.63) is 59.7 Å². The van der Waals surface area contributed by atoms with Crippen molar-refractivity contribution in [3.8, 4) is 5.75 Å². The Morgan fingerprint density at radius 2 is 1.92 bits per heavy atom. The first-order valence-electron chi connectivity index (χ1n) is 8.48. The first-order chi connectivity index (χ1) is 12.5. The van der Waals surface area contributed by atoms with Crippen LogP contribution in [0.2, 0.25) is 0 Å². The molecule has 0 bridgehead atoms. The largest absolute Gasteiger partial charge is 0.482 e. The van der Waals surface area contributed by atoms with E-state index in [0.29, 0.717) is 12.3 Å². The monoisotopic (exact) mass is 375 g/mol. The van der Waals surface area contributed by atoms with E-state index < -0.39 is 16.0 Å². The number of carboxylic acids is 1. The van der Waals surface area contributed by atoms with E-state index >= 15 is 0 Å². The van der Waals surface area contributed by atoms with Gasteiger partial charge >= 0.3 is 5.97 Å². The quantitative estimate of drug-likeness (QED) is 0.776. The second-order valence-electron chi connectivity index (χ2n) is 6.26. The zero-order chi connectivity index (χ0) is 18.6. The molecule has 138 valence electrons. The van der Waals surface area contributed by atoms with Gasteiger partial charge in [-0.25, -0.2) is 17.9 Å². The van der Waals surface area contributed by atoms with Gasteiger partial charge in [0.25, 0.3) is 0 Å². The molecule has 1 atom stereocenters. The molecule has 0 saturated heterocycles. The number of hydrogen-bond donors (Lipinski definition) is 2. The van der Waals surface area contributed by atoms with E-state index in [1.807, 2.05) is 12.1 Å². The van der Waals surface area contributed by atoms with Crippen molar-refractivity contribution in [2.45, 2.75) is 30.1 Å². The number of nitrogens with one attached hydrogen (secondary N) is 1. The normalized spacial score (nSPS) is 16.7. The van der Waals surface area contributed by atoms with Gasteiger partial charge in [0.15, 0.2) is 6.61 Å². The highest BCUT2D eigenvalue weighted by atomic mass is 32.2. The number of aliphatic carboxylic acids is 1. The lowest BCUT2D eigenvalue weighted by Crippen LogP contribution is -2.30. The third-order valence-electron chi connectivity index (χ3n) is 4.51. The number of rotatable bonds is 7. The first-order valence-corrected chi connectivity index (χ1v) is 9.97. The van der Waals surface area contributed by atoms with Crippen molar-refractivity contribution in [2.75, 3.05) is 13.2 Å². The van der Waals surface area contributed by atoms with Crippen LogP contribution in [0.5, 0.6) is 5.75 Å². The minimum absolute atomic E-state index is 0.0330. The highest BCUT2D eigenvalue weighted by Crippen LogP contribution is 2.36. The molecular weight excluding hydrogens is 354 g/mol. The third kappa shape index (κ3) is 4.23. The van der Waals surface area contributed by atoms with Crippen LogP contribution >= 0.6 is 0 Å². The summed E-state index contributed by atoms with van der Waals surface area (Å²) in [7, 11) is -3.55. The molecule has 2 aromatic carbocycles. The van der Waals surface area contributed by atoms with E-state index in [2.05, 4.69) is 4.72 Å². The highest BCUT2D eigenvalue weighted by molar-refractivity contribution is 7.89. The van der Waals surface area contributed by atoms with Crippen LogP contribution in [0.3, 0.4) is 0 Å². The Labute approximate surface area is 152 Å². The molecule has 3 rings (SSSR count). The number of fused-ring (bicyclic) bond motifs is 1. The van der Waals surface area contributed by atoms with Crippen molar-refractivity contribution in [2.24, 2.45) is 0 Å². The highest BCUT2D eigenvalue weighted by Gasteiger charge is 2.25. The average Bonchev–Trinajstić information content (AvgIpc) is 2.65. The molecule has 2 N–H and O–H groups in total. The van der Waals surface area contributed by atoms with Gasteiger partial charge in [0.05, 0.1) is 4.90 Å². The SMILES string of the molecule is O=C(O)COc1cccc2c1CCCC2CNS(=O)(=O)c1ccccc1. The van der Waals surface area contributed by atoms with Gasteiger partial charge in [0.2, 0.25) is 10.0 Å². The molecule has 0 amide bonds. The second-order valence-corrected chi connectivity index (χ2v) is 8.03. The van der Waals surface area contributed by atoms with E-state index in [0.717, 1.165) is 30.4 Å². The van der Waals surface area contributed by atoms with Gasteiger partial charge in [-0.05, 0) is 54.5 Å². The number of ether oxygens (including phenoxy) is 1. The maximum atomic E-state index is 12.4. The summed E-state index contributed by atoms with van der Waals surface area (Å²) in [6.07, 6.45) is 2.57. The Bertz CT molecular complexity index is 880. The average molecular weight is 375 g/mol. The van der Waals surface area contributed by atoms with Crippen LogP contribution in [0.25, 0.3) is 0 Å². The molecule has 26 heavy (non-hydrogen) atoms. The molecule has 1 aliphatic carbocycles. The zero-order valence-corrected chi connectivity index (χ0v) is 15.0. The van der Waals surface area contributed by atoms with E-state index in [-0.39, 0.29) is 17.4 Å². The van der Waals surface area contributed by atoms with Crippen LogP contribution in [-0.4, -0.2) is 32.6 Å². The predicted octanol–water partition coefficient (Wildman–Crippen LogP) is 2.55. The lowest BCUT2D eigenvalue weighted by Gasteiger charge is -2.27. The Morgan fingerprint density at radius 1 is 1.15 bits per heavy atom. The van der Waals surface area contributed by atoms with E-state index in [9.17, 15) is 13.2 Å². The van der Waals surface area contributed by atoms with E-state index in [4.69, 9.17) is 9.84 Å². The van der Waals surface area contributed by atoms with Crippen molar-refractivity contribution in [3.63, 3.8) is 0 Å². The Hall–Kier alpha value is -2.38. The summed E-state index contributed by atoms with van der Waals surface area (Å²) in [5.74, 6) is -0.420. The van der Waals surface area contributed by atoms with Crippen molar-refractivity contribution < 1.29 is 23.1 Å². The van der Waals surface area contributed by atoms with Crippen LogP contribution in [0, 0.1) is 0 Å². The number of hydrogen-bond acceptors (Lipinski definition) is 4. The summed E-state index contributed by atoms with van der Waals surface area (Å²) in [6, 6.07) is 13.8. The minimum Gasteiger partial charge on any atom is -0.482 e. The van der Waals surface area contributed by atoms with Crippen molar-refractivity contribution in [1.29, 1.82) is 0 Å². The fourth-order valence-corrected chi connectivity index (χ4v) is 4.40. The lowest BCUT2D eigenvalue weighted by molar-refractivity contribution is -0.139. The van der Waals surface area contributed by atoms with Gasteiger partial charge in [-0.1, -0.05) is 30.3 Å². The van der Waals surface area contributed by atoms with Crippen LogP contribution in [0.15, 0.2) is 53.4 Å². The molecule has 0 radical (unpaired) electrons. The molecule has 0 aliphatic heterocycles. The summed E-state index contributed by atoms with van der Waals surface area (Å²) < 4.78 is 32.9. The zero-order valence-electron chi connectivity index (χ0n) is 14.2. The van der Waals surface area contributed by atoms with Crippen LogP contribution in [-0.2, 0) is 21.2 Å². The molecule has 0 aromatic heterocycles. The molecule has 0 spiro atoms. The molecular formula is C19H21NO5S. The summed E-state index contributed by atoms with van der Waals surface area (Å²) >= 11 is 0. The molecule has 1 unspecified atom stereocenters. The number of carbonyl (C=O) groups is 1. The first kappa shape index (κ1) is 18.4. The van der Waals surface area contributed by atoms with Gasteiger partial charge in [-0.15, -0.1) is 0 Å². The van der Waals surface area contributed by atoms with Crippen LogP contribution in [0.4, 0.5) is 0 Å². The standard InChI is InChI=1S/C19H21NO5S/c21-19(22)13-25-18-11-5-9-16-14(6-4-10-17(16)18)12-20-26(23,24)15-7-2-1-3-8-15/h1-3,5,7-9,11,14,20H,4,6,10,12-13H2,(H,21,22). The fraction of sp³-hybridized carbons (Fsp3) is 0.316. The third-order valence-corrected chi connectivity index (χ3v) is 5.95. The summed E-state index contributed by atoms with van der Waals surface area (Å²) in [6.45, 7) is -0.0889. The molecule has 1 aliphatic rings. The summed E-state index contributed by atoms with van der Waals surface area (Å²) in [5.41, 5.74) is 2.00. The van der Waals surface area contributed by atoms with Gasteiger partial charge in [-0.2, -0.15) is 0 Å². The topological polar surface area (TPSA) is 92.7 Å². The Balaban J connectivity index is 1.76. The van der Waals surface area contributed by atoms with Crippen LogP contribution in [0.1, 0.15) is 29.9 Å². The maximum Gasteiger partial charge on any atom is 0.341 e. The predicted molar refractivity (Wildman–Crippen MR) is 96.9 cm³/mol. The molecule has 2 aromatic rings. The molecule has 6 nitrogen and oxygen atoms in total. The Kier molecular flexibility index (Phi) is 5.58. The second kappa shape index (κ2) is 7.88. The maximum absolute atomic E-state index is 12.4.